The van der Waals surface area contributed by atoms with Crippen LogP contribution in [0.25, 0.3) is 0 Å². The third-order valence-corrected chi connectivity index (χ3v) is 3.32. The summed E-state index contributed by atoms with van der Waals surface area (Å²) in [4.78, 5) is 10.9. The Bertz CT molecular complexity index is 435. The minimum atomic E-state index is 0. The van der Waals surface area contributed by atoms with Gasteiger partial charge in [-0.05, 0) is 32.4 Å². The number of rotatable bonds is 9. The molecule has 0 aliphatic carbocycles. The lowest BCUT2D eigenvalue weighted by molar-refractivity contribution is 0.152. The van der Waals surface area contributed by atoms with Gasteiger partial charge in [-0.3, -0.25) is 4.99 Å². The van der Waals surface area contributed by atoms with Crippen molar-refractivity contribution in [2.45, 2.75) is 27.3 Å². The molecule has 7 heteroatoms. The van der Waals surface area contributed by atoms with Crippen molar-refractivity contribution >= 4 is 35.8 Å². The van der Waals surface area contributed by atoms with Crippen LogP contribution in [0.1, 0.15) is 26.3 Å². The molecule has 0 aliphatic heterocycles. The van der Waals surface area contributed by atoms with E-state index < -0.39 is 0 Å². The van der Waals surface area contributed by atoms with Crippen LogP contribution in [-0.2, 0) is 11.3 Å². The summed E-state index contributed by atoms with van der Waals surface area (Å²) < 4.78 is 5.29. The SMILES string of the molecule is CCOCCNC(=NC)NCc1ccc(N(CC)CC)nc1.I. The Balaban J connectivity index is 0.00000484. The molecule has 0 amide bonds. The monoisotopic (exact) mass is 435 g/mol. The molecule has 1 heterocycles. The van der Waals surface area contributed by atoms with Crippen molar-refractivity contribution in [3.63, 3.8) is 0 Å². The summed E-state index contributed by atoms with van der Waals surface area (Å²) in [7, 11) is 1.76. The molecule has 0 unspecified atom stereocenters. The zero-order valence-electron chi connectivity index (χ0n) is 14.6. The minimum Gasteiger partial charge on any atom is -0.380 e. The number of aliphatic imine (C=N–C) groups is 1. The van der Waals surface area contributed by atoms with Gasteiger partial charge in [0.05, 0.1) is 6.61 Å². The zero-order chi connectivity index (χ0) is 16.2. The number of hydrogen-bond donors (Lipinski definition) is 2. The highest BCUT2D eigenvalue weighted by atomic mass is 127. The Morgan fingerprint density at radius 1 is 1.22 bits per heavy atom. The molecule has 1 aromatic heterocycles. The van der Waals surface area contributed by atoms with E-state index in [1.165, 1.54) is 0 Å². The Morgan fingerprint density at radius 3 is 2.48 bits per heavy atom. The Morgan fingerprint density at radius 2 is 1.96 bits per heavy atom. The molecule has 23 heavy (non-hydrogen) atoms. The van der Waals surface area contributed by atoms with Crippen LogP contribution in [0.5, 0.6) is 0 Å². The van der Waals surface area contributed by atoms with Crippen molar-refractivity contribution in [3.05, 3.63) is 23.9 Å². The van der Waals surface area contributed by atoms with Gasteiger partial charge in [0.1, 0.15) is 5.82 Å². The summed E-state index contributed by atoms with van der Waals surface area (Å²) in [5.74, 6) is 1.79. The van der Waals surface area contributed by atoms with Crippen molar-refractivity contribution in [1.82, 2.24) is 15.6 Å². The lowest BCUT2D eigenvalue weighted by Gasteiger charge is -2.19. The third kappa shape index (κ3) is 8.36. The van der Waals surface area contributed by atoms with Crippen LogP contribution in [0.4, 0.5) is 5.82 Å². The van der Waals surface area contributed by atoms with Gasteiger partial charge in [0.2, 0.25) is 0 Å². The fraction of sp³-hybridized carbons (Fsp3) is 0.625. The number of aromatic nitrogens is 1. The molecule has 0 radical (unpaired) electrons. The van der Waals surface area contributed by atoms with Gasteiger partial charge < -0.3 is 20.3 Å². The van der Waals surface area contributed by atoms with Crippen LogP contribution in [0.2, 0.25) is 0 Å². The number of halogens is 1. The van der Waals surface area contributed by atoms with Crippen LogP contribution >= 0.6 is 24.0 Å². The fourth-order valence-electron chi connectivity index (χ4n) is 2.05. The second kappa shape index (κ2) is 13.4. The number of ether oxygens (including phenoxy) is 1. The average Bonchev–Trinajstić information content (AvgIpc) is 2.56. The van der Waals surface area contributed by atoms with Gasteiger partial charge in [-0.1, -0.05) is 6.07 Å². The summed E-state index contributed by atoms with van der Waals surface area (Å²) in [6.07, 6.45) is 1.91. The maximum absolute atomic E-state index is 5.29. The molecule has 1 rings (SSSR count). The average molecular weight is 435 g/mol. The molecule has 0 aliphatic rings. The first-order valence-electron chi connectivity index (χ1n) is 7.97. The molecule has 0 fully saturated rings. The first-order valence-corrected chi connectivity index (χ1v) is 7.97. The van der Waals surface area contributed by atoms with Crippen molar-refractivity contribution in [2.75, 3.05) is 44.8 Å². The summed E-state index contributed by atoms with van der Waals surface area (Å²) in [6.45, 7) is 11.1. The van der Waals surface area contributed by atoms with Crippen molar-refractivity contribution in [1.29, 1.82) is 0 Å². The van der Waals surface area contributed by atoms with Crippen LogP contribution in [-0.4, -0.2) is 50.8 Å². The predicted octanol–water partition coefficient (Wildman–Crippen LogP) is 2.25. The zero-order valence-corrected chi connectivity index (χ0v) is 17.0. The molecular weight excluding hydrogens is 405 g/mol. The van der Waals surface area contributed by atoms with E-state index in [-0.39, 0.29) is 24.0 Å². The van der Waals surface area contributed by atoms with E-state index in [9.17, 15) is 0 Å². The van der Waals surface area contributed by atoms with Crippen LogP contribution in [0.15, 0.2) is 23.3 Å². The molecule has 1 aromatic rings. The van der Waals surface area contributed by atoms with Gasteiger partial charge in [-0.25, -0.2) is 4.98 Å². The molecule has 0 bridgehead atoms. The second-order valence-corrected chi connectivity index (χ2v) is 4.75. The molecule has 0 aromatic carbocycles. The van der Waals surface area contributed by atoms with Gasteiger partial charge in [0.15, 0.2) is 5.96 Å². The molecule has 0 spiro atoms. The highest BCUT2D eigenvalue weighted by molar-refractivity contribution is 14.0. The summed E-state index contributed by atoms with van der Waals surface area (Å²) in [5.41, 5.74) is 1.13. The van der Waals surface area contributed by atoms with E-state index in [1.807, 2.05) is 13.1 Å². The summed E-state index contributed by atoms with van der Waals surface area (Å²) in [5, 5.41) is 6.48. The maximum atomic E-state index is 5.29. The Kier molecular flexibility index (Phi) is 12.7. The number of anilines is 1. The van der Waals surface area contributed by atoms with Crippen molar-refractivity contribution in [2.24, 2.45) is 4.99 Å². The van der Waals surface area contributed by atoms with Crippen molar-refractivity contribution in [3.8, 4) is 0 Å². The topological polar surface area (TPSA) is 61.8 Å². The highest BCUT2D eigenvalue weighted by Crippen LogP contribution is 2.10. The molecular formula is C16H30IN5O. The largest absolute Gasteiger partial charge is 0.380 e. The first-order chi connectivity index (χ1) is 10.7. The normalized spacial score (nSPS) is 10.9. The molecule has 132 valence electrons. The van der Waals surface area contributed by atoms with E-state index in [0.717, 1.165) is 43.6 Å². The summed E-state index contributed by atoms with van der Waals surface area (Å²) >= 11 is 0. The van der Waals surface area contributed by atoms with E-state index in [2.05, 4.69) is 51.5 Å². The number of pyridine rings is 1. The van der Waals surface area contributed by atoms with Crippen LogP contribution < -0.4 is 15.5 Å². The van der Waals surface area contributed by atoms with E-state index in [4.69, 9.17) is 4.74 Å². The van der Waals surface area contributed by atoms with Gasteiger partial charge >= 0.3 is 0 Å². The fourth-order valence-corrected chi connectivity index (χ4v) is 2.05. The van der Waals surface area contributed by atoms with Gasteiger partial charge in [-0.2, -0.15) is 0 Å². The van der Waals surface area contributed by atoms with Crippen LogP contribution in [0.3, 0.4) is 0 Å². The third-order valence-electron chi connectivity index (χ3n) is 3.32. The summed E-state index contributed by atoms with van der Waals surface area (Å²) in [6, 6.07) is 4.16. The van der Waals surface area contributed by atoms with E-state index in [0.29, 0.717) is 13.2 Å². The standard InChI is InChI=1S/C16H29N5O.HI/c1-5-21(6-2)15-9-8-14(12-19-15)13-20-16(17-4)18-10-11-22-7-3;/h8-9,12H,5-7,10-11,13H2,1-4H3,(H2,17,18,20);1H. The highest BCUT2D eigenvalue weighted by Gasteiger charge is 2.03. The lowest BCUT2D eigenvalue weighted by Crippen LogP contribution is -2.38. The number of guanidine groups is 1. The smallest absolute Gasteiger partial charge is 0.191 e. The number of hydrogen-bond acceptors (Lipinski definition) is 4. The van der Waals surface area contributed by atoms with Crippen molar-refractivity contribution < 1.29 is 4.74 Å². The number of nitrogens with one attached hydrogen (secondary N) is 2. The molecule has 0 saturated heterocycles. The maximum Gasteiger partial charge on any atom is 0.191 e. The molecule has 0 atom stereocenters. The Hall–Kier alpha value is -1.09. The van der Waals surface area contributed by atoms with E-state index >= 15 is 0 Å². The first kappa shape index (κ1) is 21.9. The number of nitrogens with zero attached hydrogens (tertiary/aromatic N) is 3. The van der Waals surface area contributed by atoms with Gasteiger partial charge in [0, 0.05) is 46.0 Å². The molecule has 2 N–H and O–H groups in total. The quantitative estimate of drug-likeness (QED) is 0.270. The van der Waals surface area contributed by atoms with E-state index in [1.54, 1.807) is 7.05 Å². The Labute approximate surface area is 157 Å². The van der Waals surface area contributed by atoms with Gasteiger partial charge in [-0.15, -0.1) is 24.0 Å². The predicted molar refractivity (Wildman–Crippen MR) is 108 cm³/mol. The van der Waals surface area contributed by atoms with Gasteiger partial charge in [0.25, 0.3) is 0 Å². The lowest BCUT2D eigenvalue weighted by atomic mass is 10.2. The molecule has 6 nitrogen and oxygen atoms in total. The minimum absolute atomic E-state index is 0. The second-order valence-electron chi connectivity index (χ2n) is 4.75. The molecule has 0 saturated carbocycles. The van der Waals surface area contributed by atoms with Crippen LogP contribution in [0, 0.1) is 0 Å².